The quantitative estimate of drug-likeness (QED) is 0.803. The summed E-state index contributed by atoms with van der Waals surface area (Å²) in [6.45, 7) is 10.7. The second-order valence-electron chi connectivity index (χ2n) is 5.75. The van der Waals surface area contributed by atoms with Gasteiger partial charge in [-0.2, -0.15) is 0 Å². The van der Waals surface area contributed by atoms with Gasteiger partial charge in [-0.3, -0.25) is 9.59 Å². The summed E-state index contributed by atoms with van der Waals surface area (Å²) in [4.78, 5) is 26.2. The van der Waals surface area contributed by atoms with Crippen molar-refractivity contribution in [3.63, 3.8) is 0 Å². The van der Waals surface area contributed by atoms with Gasteiger partial charge >= 0.3 is 0 Å². The summed E-state index contributed by atoms with van der Waals surface area (Å²) in [6.07, 6.45) is 2.08. The number of rotatable bonds is 8. The van der Waals surface area contributed by atoms with Crippen LogP contribution in [0, 0.1) is 13.8 Å². The number of hydrogen-bond donors (Lipinski definition) is 1. The van der Waals surface area contributed by atoms with E-state index in [1.807, 2.05) is 27.7 Å². The molecule has 0 saturated heterocycles. The number of amides is 2. The van der Waals surface area contributed by atoms with Gasteiger partial charge in [0.25, 0.3) is 5.91 Å². The molecule has 0 radical (unpaired) electrons. The van der Waals surface area contributed by atoms with Crippen molar-refractivity contribution in [3.8, 4) is 0 Å². The van der Waals surface area contributed by atoms with Crippen LogP contribution in [-0.2, 0) is 4.79 Å². The van der Waals surface area contributed by atoms with E-state index in [-0.39, 0.29) is 17.9 Å². The molecule has 124 valence electrons. The maximum Gasteiger partial charge on any atom is 0.257 e. The Morgan fingerprint density at radius 3 is 2.45 bits per heavy atom. The molecule has 1 aromatic heterocycles. The van der Waals surface area contributed by atoms with Crippen LogP contribution in [0.5, 0.6) is 0 Å². The Balaban J connectivity index is 2.67. The van der Waals surface area contributed by atoms with Crippen molar-refractivity contribution in [1.82, 2.24) is 10.2 Å². The molecule has 1 aromatic rings. The molecule has 0 spiro atoms. The highest BCUT2D eigenvalue weighted by atomic mass is 16.3. The summed E-state index contributed by atoms with van der Waals surface area (Å²) in [6, 6.07) is 1.93. The topological polar surface area (TPSA) is 62.6 Å². The molecular weight excluding hydrogens is 280 g/mol. The standard InChI is InChI=1S/C17H28N2O3/c1-6-9-19(10-8-16(20)18-12(3)7-2)17(21)15-11-13(4)22-14(15)5/h11-12H,6-10H2,1-5H3,(H,18,20). The van der Waals surface area contributed by atoms with Gasteiger partial charge in [-0.25, -0.2) is 0 Å². The summed E-state index contributed by atoms with van der Waals surface area (Å²) in [5, 5.41) is 2.93. The fourth-order valence-electron chi connectivity index (χ4n) is 2.28. The lowest BCUT2D eigenvalue weighted by Gasteiger charge is -2.22. The van der Waals surface area contributed by atoms with E-state index in [1.54, 1.807) is 17.9 Å². The zero-order chi connectivity index (χ0) is 16.7. The van der Waals surface area contributed by atoms with Crippen LogP contribution in [0.3, 0.4) is 0 Å². The molecule has 1 atom stereocenters. The third-order valence-electron chi connectivity index (χ3n) is 3.68. The third kappa shape index (κ3) is 5.20. The second kappa shape index (κ2) is 8.61. The SMILES string of the molecule is CCCN(CCC(=O)NC(C)CC)C(=O)c1cc(C)oc1C. The van der Waals surface area contributed by atoms with Gasteiger partial charge in [0.2, 0.25) is 5.91 Å². The van der Waals surface area contributed by atoms with Crippen LogP contribution in [0.2, 0.25) is 0 Å². The molecule has 0 fully saturated rings. The summed E-state index contributed by atoms with van der Waals surface area (Å²) in [5.74, 6) is 1.29. The zero-order valence-corrected chi connectivity index (χ0v) is 14.4. The van der Waals surface area contributed by atoms with E-state index in [1.165, 1.54) is 0 Å². The van der Waals surface area contributed by atoms with Crippen LogP contribution >= 0.6 is 0 Å². The van der Waals surface area contributed by atoms with Crippen LogP contribution in [0.4, 0.5) is 0 Å². The lowest BCUT2D eigenvalue weighted by molar-refractivity contribution is -0.121. The van der Waals surface area contributed by atoms with Crippen molar-refractivity contribution in [2.24, 2.45) is 0 Å². The molecule has 1 heterocycles. The first kappa shape index (κ1) is 18.3. The van der Waals surface area contributed by atoms with Gasteiger partial charge in [-0.1, -0.05) is 13.8 Å². The lowest BCUT2D eigenvalue weighted by atomic mass is 10.2. The molecule has 0 saturated carbocycles. The lowest BCUT2D eigenvalue weighted by Crippen LogP contribution is -2.38. The number of carbonyl (C=O) groups excluding carboxylic acids is 2. The van der Waals surface area contributed by atoms with Gasteiger partial charge in [0.05, 0.1) is 5.56 Å². The van der Waals surface area contributed by atoms with E-state index in [9.17, 15) is 9.59 Å². The van der Waals surface area contributed by atoms with E-state index in [4.69, 9.17) is 4.42 Å². The molecule has 5 heteroatoms. The predicted octanol–water partition coefficient (Wildman–Crippen LogP) is 3.05. The van der Waals surface area contributed by atoms with Gasteiger partial charge in [0, 0.05) is 25.6 Å². The molecule has 22 heavy (non-hydrogen) atoms. The Morgan fingerprint density at radius 1 is 1.27 bits per heavy atom. The maximum absolute atomic E-state index is 12.6. The van der Waals surface area contributed by atoms with Gasteiger partial charge in [-0.05, 0) is 39.7 Å². The van der Waals surface area contributed by atoms with E-state index in [0.29, 0.717) is 30.8 Å². The van der Waals surface area contributed by atoms with E-state index in [2.05, 4.69) is 5.32 Å². The summed E-state index contributed by atoms with van der Waals surface area (Å²) >= 11 is 0. The van der Waals surface area contributed by atoms with Crippen molar-refractivity contribution < 1.29 is 14.0 Å². The molecule has 0 aliphatic rings. The van der Waals surface area contributed by atoms with Gasteiger partial charge in [0.1, 0.15) is 11.5 Å². The zero-order valence-electron chi connectivity index (χ0n) is 14.4. The highest BCUT2D eigenvalue weighted by Crippen LogP contribution is 2.16. The first-order chi connectivity index (χ1) is 10.4. The monoisotopic (exact) mass is 308 g/mol. The Kier molecular flexibility index (Phi) is 7.15. The van der Waals surface area contributed by atoms with Crippen molar-refractivity contribution in [3.05, 3.63) is 23.2 Å². The highest BCUT2D eigenvalue weighted by Gasteiger charge is 2.20. The Bertz CT molecular complexity index is 508. The van der Waals surface area contributed by atoms with Gasteiger partial charge in [0.15, 0.2) is 0 Å². The summed E-state index contributed by atoms with van der Waals surface area (Å²) in [7, 11) is 0. The van der Waals surface area contributed by atoms with Gasteiger partial charge in [-0.15, -0.1) is 0 Å². The number of carbonyl (C=O) groups is 2. The Morgan fingerprint density at radius 2 is 1.95 bits per heavy atom. The molecule has 0 bridgehead atoms. The Hall–Kier alpha value is -1.78. The minimum atomic E-state index is -0.0625. The minimum Gasteiger partial charge on any atom is -0.466 e. The van der Waals surface area contributed by atoms with E-state index < -0.39 is 0 Å². The first-order valence-electron chi connectivity index (χ1n) is 8.04. The van der Waals surface area contributed by atoms with Crippen LogP contribution in [0.1, 0.15) is 61.9 Å². The second-order valence-corrected chi connectivity index (χ2v) is 5.75. The predicted molar refractivity (Wildman–Crippen MR) is 86.9 cm³/mol. The third-order valence-corrected chi connectivity index (χ3v) is 3.68. The molecule has 1 N–H and O–H groups in total. The summed E-state index contributed by atoms with van der Waals surface area (Å²) in [5.41, 5.74) is 0.591. The average molecular weight is 308 g/mol. The van der Waals surface area contributed by atoms with E-state index in [0.717, 1.165) is 18.6 Å². The maximum atomic E-state index is 12.6. The average Bonchev–Trinajstić information content (AvgIpc) is 2.81. The van der Waals surface area contributed by atoms with Crippen molar-refractivity contribution in [2.75, 3.05) is 13.1 Å². The first-order valence-corrected chi connectivity index (χ1v) is 8.04. The molecule has 0 aromatic carbocycles. The normalized spacial score (nSPS) is 12.0. The Labute approximate surface area is 133 Å². The number of nitrogens with zero attached hydrogens (tertiary/aromatic N) is 1. The van der Waals surface area contributed by atoms with Crippen molar-refractivity contribution >= 4 is 11.8 Å². The molecule has 2 amide bonds. The largest absolute Gasteiger partial charge is 0.466 e. The molecule has 5 nitrogen and oxygen atoms in total. The fraction of sp³-hybridized carbons (Fsp3) is 0.647. The fourth-order valence-corrected chi connectivity index (χ4v) is 2.28. The van der Waals surface area contributed by atoms with Crippen LogP contribution < -0.4 is 5.32 Å². The minimum absolute atomic E-state index is 0.0108. The molecule has 1 rings (SSSR count). The van der Waals surface area contributed by atoms with Gasteiger partial charge < -0.3 is 14.6 Å². The van der Waals surface area contributed by atoms with Crippen LogP contribution in [-0.4, -0.2) is 35.8 Å². The van der Waals surface area contributed by atoms with Crippen molar-refractivity contribution in [2.45, 2.75) is 59.9 Å². The molecule has 0 aliphatic carbocycles. The van der Waals surface area contributed by atoms with Crippen LogP contribution in [0.25, 0.3) is 0 Å². The van der Waals surface area contributed by atoms with Crippen LogP contribution in [0.15, 0.2) is 10.5 Å². The molecule has 1 unspecified atom stereocenters. The number of aryl methyl sites for hydroxylation is 2. The number of furan rings is 1. The molecule has 0 aliphatic heterocycles. The number of nitrogens with one attached hydrogen (secondary N) is 1. The highest BCUT2D eigenvalue weighted by molar-refractivity contribution is 5.95. The smallest absolute Gasteiger partial charge is 0.257 e. The summed E-state index contributed by atoms with van der Waals surface area (Å²) < 4.78 is 5.43. The number of hydrogen-bond acceptors (Lipinski definition) is 3. The van der Waals surface area contributed by atoms with E-state index >= 15 is 0 Å². The molecular formula is C17H28N2O3. The van der Waals surface area contributed by atoms with Crippen molar-refractivity contribution in [1.29, 1.82) is 0 Å².